The largest absolute Gasteiger partial charge is 0.323 e. The zero-order valence-corrected chi connectivity index (χ0v) is 8.81. The van der Waals surface area contributed by atoms with Gasteiger partial charge in [-0.2, -0.15) is 0 Å². The SMILES string of the molecule is CCNCC(N)c1ccc(F)c(Cl)c1. The Morgan fingerprint density at radius 3 is 2.86 bits per heavy atom. The molecule has 1 unspecified atom stereocenters. The summed E-state index contributed by atoms with van der Waals surface area (Å²) >= 11 is 5.64. The van der Waals surface area contributed by atoms with Crippen LogP contribution in [0.25, 0.3) is 0 Å². The Labute approximate surface area is 88.2 Å². The number of benzene rings is 1. The highest BCUT2D eigenvalue weighted by Crippen LogP contribution is 2.19. The highest BCUT2D eigenvalue weighted by Gasteiger charge is 2.07. The molecule has 1 aromatic carbocycles. The van der Waals surface area contributed by atoms with Crippen LogP contribution in [0.2, 0.25) is 5.02 Å². The summed E-state index contributed by atoms with van der Waals surface area (Å²) in [6.45, 7) is 3.53. The Balaban J connectivity index is 2.70. The minimum atomic E-state index is -0.411. The summed E-state index contributed by atoms with van der Waals surface area (Å²) in [6, 6.07) is 4.42. The summed E-state index contributed by atoms with van der Waals surface area (Å²) in [6.07, 6.45) is 0. The summed E-state index contributed by atoms with van der Waals surface area (Å²) in [5, 5.41) is 3.24. The maximum absolute atomic E-state index is 12.8. The van der Waals surface area contributed by atoms with E-state index in [1.54, 1.807) is 12.1 Å². The molecule has 0 saturated heterocycles. The zero-order valence-electron chi connectivity index (χ0n) is 8.06. The third-order valence-corrected chi connectivity index (χ3v) is 2.28. The Morgan fingerprint density at radius 1 is 1.57 bits per heavy atom. The molecule has 14 heavy (non-hydrogen) atoms. The topological polar surface area (TPSA) is 38.0 Å². The van der Waals surface area contributed by atoms with Crippen molar-refractivity contribution >= 4 is 11.6 Å². The first-order chi connectivity index (χ1) is 6.65. The number of nitrogens with two attached hydrogens (primary N) is 1. The van der Waals surface area contributed by atoms with Crippen LogP contribution in [0.15, 0.2) is 18.2 Å². The van der Waals surface area contributed by atoms with Gasteiger partial charge in [0.1, 0.15) is 5.82 Å². The molecular weight excluding hydrogens is 203 g/mol. The molecule has 3 N–H and O–H groups in total. The van der Waals surface area contributed by atoms with Crippen LogP contribution in [0.5, 0.6) is 0 Å². The van der Waals surface area contributed by atoms with Gasteiger partial charge in [0.25, 0.3) is 0 Å². The number of nitrogens with one attached hydrogen (secondary N) is 1. The second-order valence-corrected chi connectivity index (χ2v) is 3.49. The molecule has 2 nitrogen and oxygen atoms in total. The maximum atomic E-state index is 12.8. The van der Waals surface area contributed by atoms with Crippen molar-refractivity contribution in [2.75, 3.05) is 13.1 Å². The van der Waals surface area contributed by atoms with Gasteiger partial charge in [-0.05, 0) is 24.2 Å². The van der Waals surface area contributed by atoms with Crippen LogP contribution in [-0.4, -0.2) is 13.1 Å². The van der Waals surface area contributed by atoms with Crippen molar-refractivity contribution in [2.24, 2.45) is 5.73 Å². The average molecular weight is 217 g/mol. The second kappa shape index (κ2) is 5.29. The van der Waals surface area contributed by atoms with Gasteiger partial charge >= 0.3 is 0 Å². The Bertz CT molecular complexity index is 304. The van der Waals surface area contributed by atoms with Gasteiger partial charge in [-0.25, -0.2) is 4.39 Å². The maximum Gasteiger partial charge on any atom is 0.141 e. The van der Waals surface area contributed by atoms with Crippen molar-refractivity contribution in [2.45, 2.75) is 13.0 Å². The van der Waals surface area contributed by atoms with Gasteiger partial charge in [0.15, 0.2) is 0 Å². The van der Waals surface area contributed by atoms with E-state index in [-0.39, 0.29) is 11.1 Å². The lowest BCUT2D eigenvalue weighted by atomic mass is 10.1. The van der Waals surface area contributed by atoms with Gasteiger partial charge in [-0.3, -0.25) is 0 Å². The summed E-state index contributed by atoms with van der Waals surface area (Å²) in [5.74, 6) is -0.411. The van der Waals surface area contributed by atoms with E-state index in [1.165, 1.54) is 6.07 Å². The first-order valence-electron chi connectivity index (χ1n) is 4.56. The quantitative estimate of drug-likeness (QED) is 0.809. The van der Waals surface area contributed by atoms with Crippen LogP contribution >= 0.6 is 11.6 Å². The first kappa shape index (κ1) is 11.4. The van der Waals surface area contributed by atoms with E-state index in [4.69, 9.17) is 17.3 Å². The zero-order chi connectivity index (χ0) is 10.6. The van der Waals surface area contributed by atoms with Crippen LogP contribution < -0.4 is 11.1 Å². The van der Waals surface area contributed by atoms with Crippen LogP contribution in [0.1, 0.15) is 18.5 Å². The summed E-state index contributed by atoms with van der Waals surface area (Å²) in [5.41, 5.74) is 6.70. The number of halogens is 2. The van der Waals surface area contributed by atoms with Crippen molar-refractivity contribution in [1.29, 1.82) is 0 Å². The van der Waals surface area contributed by atoms with Crippen LogP contribution in [0.4, 0.5) is 4.39 Å². The molecular formula is C10H14ClFN2. The highest BCUT2D eigenvalue weighted by molar-refractivity contribution is 6.30. The van der Waals surface area contributed by atoms with Crippen molar-refractivity contribution in [3.63, 3.8) is 0 Å². The summed E-state index contributed by atoms with van der Waals surface area (Å²) in [7, 11) is 0. The molecule has 0 spiro atoms. The lowest BCUT2D eigenvalue weighted by Crippen LogP contribution is -2.26. The molecule has 0 radical (unpaired) electrons. The molecule has 4 heteroatoms. The molecule has 0 bridgehead atoms. The number of rotatable bonds is 4. The van der Waals surface area contributed by atoms with E-state index in [0.29, 0.717) is 6.54 Å². The fourth-order valence-electron chi connectivity index (χ4n) is 1.16. The highest BCUT2D eigenvalue weighted by atomic mass is 35.5. The minimum Gasteiger partial charge on any atom is -0.323 e. The van der Waals surface area contributed by atoms with E-state index >= 15 is 0 Å². The van der Waals surface area contributed by atoms with E-state index < -0.39 is 5.82 Å². The third kappa shape index (κ3) is 2.94. The van der Waals surface area contributed by atoms with Crippen molar-refractivity contribution < 1.29 is 4.39 Å². The Morgan fingerprint density at radius 2 is 2.29 bits per heavy atom. The molecule has 0 aliphatic rings. The van der Waals surface area contributed by atoms with Gasteiger partial charge in [-0.1, -0.05) is 24.6 Å². The lowest BCUT2D eigenvalue weighted by Gasteiger charge is -2.12. The lowest BCUT2D eigenvalue weighted by molar-refractivity contribution is 0.607. The van der Waals surface area contributed by atoms with Gasteiger partial charge < -0.3 is 11.1 Å². The van der Waals surface area contributed by atoms with Crippen LogP contribution in [-0.2, 0) is 0 Å². The number of hydrogen-bond donors (Lipinski definition) is 2. The van der Waals surface area contributed by atoms with Crippen molar-refractivity contribution in [3.05, 3.63) is 34.6 Å². The molecule has 78 valence electrons. The predicted octanol–water partition coefficient (Wildman–Crippen LogP) is 2.09. The standard InChI is InChI=1S/C10H14ClFN2/c1-2-14-6-10(13)7-3-4-9(12)8(11)5-7/h3-5,10,14H,2,6,13H2,1H3. The van der Waals surface area contributed by atoms with E-state index in [1.807, 2.05) is 6.92 Å². The van der Waals surface area contributed by atoms with Crippen molar-refractivity contribution in [1.82, 2.24) is 5.32 Å². The third-order valence-electron chi connectivity index (χ3n) is 1.99. The molecule has 1 rings (SSSR count). The Kier molecular flexibility index (Phi) is 4.32. The fraction of sp³-hybridized carbons (Fsp3) is 0.400. The van der Waals surface area contributed by atoms with E-state index in [9.17, 15) is 4.39 Å². The van der Waals surface area contributed by atoms with Gasteiger partial charge in [0, 0.05) is 12.6 Å². The Hall–Kier alpha value is -0.640. The normalized spacial score (nSPS) is 12.9. The van der Waals surface area contributed by atoms with Crippen LogP contribution in [0.3, 0.4) is 0 Å². The van der Waals surface area contributed by atoms with Crippen molar-refractivity contribution in [3.8, 4) is 0 Å². The first-order valence-corrected chi connectivity index (χ1v) is 4.94. The molecule has 0 amide bonds. The molecule has 1 aromatic rings. The number of hydrogen-bond acceptors (Lipinski definition) is 2. The molecule has 1 atom stereocenters. The molecule has 0 heterocycles. The van der Waals surface area contributed by atoms with Gasteiger partial charge in [0.2, 0.25) is 0 Å². The van der Waals surface area contributed by atoms with Gasteiger partial charge in [-0.15, -0.1) is 0 Å². The minimum absolute atomic E-state index is 0.120. The molecule has 0 aliphatic carbocycles. The fourth-order valence-corrected chi connectivity index (χ4v) is 1.35. The van der Waals surface area contributed by atoms with E-state index in [2.05, 4.69) is 5.32 Å². The molecule has 0 saturated carbocycles. The molecule has 0 aliphatic heterocycles. The predicted molar refractivity (Wildman–Crippen MR) is 56.9 cm³/mol. The smallest absolute Gasteiger partial charge is 0.141 e. The second-order valence-electron chi connectivity index (χ2n) is 3.09. The summed E-state index contributed by atoms with van der Waals surface area (Å²) < 4.78 is 12.8. The monoisotopic (exact) mass is 216 g/mol. The molecule has 0 fully saturated rings. The van der Waals surface area contributed by atoms with E-state index in [0.717, 1.165) is 12.1 Å². The summed E-state index contributed by atoms with van der Waals surface area (Å²) in [4.78, 5) is 0. The average Bonchev–Trinajstić information content (AvgIpc) is 2.18. The number of likely N-dealkylation sites (N-methyl/N-ethyl adjacent to an activating group) is 1. The molecule has 0 aromatic heterocycles. The van der Waals surface area contributed by atoms with Crippen LogP contribution in [0, 0.1) is 5.82 Å². The van der Waals surface area contributed by atoms with Gasteiger partial charge in [0.05, 0.1) is 5.02 Å².